The summed E-state index contributed by atoms with van der Waals surface area (Å²) in [5.74, 6) is 8.10. The summed E-state index contributed by atoms with van der Waals surface area (Å²) in [6.07, 6.45) is 2.63. The van der Waals surface area contributed by atoms with Gasteiger partial charge in [0, 0.05) is 37.2 Å². The molecule has 2 aliphatic rings. The monoisotopic (exact) mass is 290 g/mol. The second-order valence-electron chi connectivity index (χ2n) is 7.11. The van der Waals surface area contributed by atoms with Crippen molar-refractivity contribution in [1.29, 1.82) is 0 Å². The highest BCUT2D eigenvalue weighted by atomic mass is 15.3. The van der Waals surface area contributed by atoms with E-state index >= 15 is 0 Å². The fourth-order valence-electron chi connectivity index (χ4n) is 3.20. The van der Waals surface area contributed by atoms with Crippen LogP contribution in [0, 0.1) is 0 Å². The zero-order valence-corrected chi connectivity index (χ0v) is 13.3. The van der Waals surface area contributed by atoms with Gasteiger partial charge in [0.15, 0.2) is 0 Å². The zero-order chi connectivity index (χ0) is 15.0. The first-order chi connectivity index (χ1) is 9.97. The van der Waals surface area contributed by atoms with Gasteiger partial charge >= 0.3 is 0 Å². The van der Waals surface area contributed by atoms with Crippen LogP contribution >= 0.6 is 0 Å². The van der Waals surface area contributed by atoms with E-state index in [2.05, 4.69) is 41.0 Å². The first kappa shape index (κ1) is 14.5. The molecule has 0 aliphatic carbocycles. The lowest BCUT2D eigenvalue weighted by Gasteiger charge is -2.38. The highest BCUT2D eigenvalue weighted by Gasteiger charge is 2.31. The molecule has 6 heteroatoms. The van der Waals surface area contributed by atoms with E-state index in [0.29, 0.717) is 11.9 Å². The predicted molar refractivity (Wildman–Crippen MR) is 85.4 cm³/mol. The molecule has 2 aliphatic heterocycles. The van der Waals surface area contributed by atoms with E-state index in [1.807, 2.05) is 6.07 Å². The molecule has 2 saturated heterocycles. The van der Waals surface area contributed by atoms with Gasteiger partial charge in [0.1, 0.15) is 17.5 Å². The third-order valence-corrected chi connectivity index (χ3v) is 4.44. The normalized spacial score (nSPS) is 23.2. The van der Waals surface area contributed by atoms with Crippen molar-refractivity contribution < 1.29 is 0 Å². The molecule has 1 atom stereocenters. The van der Waals surface area contributed by atoms with E-state index in [0.717, 1.165) is 31.3 Å². The molecule has 0 radical (unpaired) electrons. The van der Waals surface area contributed by atoms with Gasteiger partial charge in [-0.3, -0.25) is 4.90 Å². The second-order valence-corrected chi connectivity index (χ2v) is 7.11. The molecule has 0 bridgehead atoms. The molecule has 2 fully saturated rings. The Morgan fingerprint density at radius 1 is 1.24 bits per heavy atom. The Labute approximate surface area is 126 Å². The Hall–Kier alpha value is -1.40. The molecular formula is C15H26N6. The van der Waals surface area contributed by atoms with E-state index in [1.165, 1.54) is 19.4 Å². The van der Waals surface area contributed by atoms with Crippen molar-refractivity contribution in [2.75, 3.05) is 36.5 Å². The number of fused-ring (bicyclic) bond motifs is 1. The van der Waals surface area contributed by atoms with Gasteiger partial charge in [-0.1, -0.05) is 20.8 Å². The smallest absolute Gasteiger partial charge is 0.145 e. The Kier molecular flexibility index (Phi) is 3.75. The molecule has 1 aromatic heterocycles. The Morgan fingerprint density at radius 2 is 2.05 bits per heavy atom. The van der Waals surface area contributed by atoms with Crippen LogP contribution in [0.4, 0.5) is 11.6 Å². The predicted octanol–water partition coefficient (Wildman–Crippen LogP) is 1.34. The summed E-state index contributed by atoms with van der Waals surface area (Å²) < 4.78 is 0. The maximum Gasteiger partial charge on any atom is 0.145 e. The molecule has 116 valence electrons. The number of nitrogens with two attached hydrogens (primary N) is 1. The van der Waals surface area contributed by atoms with Gasteiger partial charge < -0.3 is 10.3 Å². The van der Waals surface area contributed by atoms with Gasteiger partial charge in [-0.2, -0.15) is 0 Å². The number of hydrazine groups is 1. The lowest BCUT2D eigenvalue weighted by Crippen LogP contribution is -2.50. The average molecular weight is 290 g/mol. The van der Waals surface area contributed by atoms with E-state index in [1.54, 1.807) is 0 Å². The van der Waals surface area contributed by atoms with E-state index < -0.39 is 0 Å². The number of anilines is 2. The standard InChI is InChI=1S/C15H26N6/c1-15(2,3)14-17-12(19-16)9-13(18-14)21-8-7-20-6-4-5-11(20)10-21/h9,11H,4-8,10,16H2,1-3H3,(H,17,18,19). The van der Waals surface area contributed by atoms with Gasteiger partial charge in [-0.25, -0.2) is 15.8 Å². The van der Waals surface area contributed by atoms with Crippen molar-refractivity contribution >= 4 is 11.6 Å². The summed E-state index contributed by atoms with van der Waals surface area (Å²) in [6, 6.07) is 2.64. The molecule has 3 N–H and O–H groups in total. The average Bonchev–Trinajstić information content (AvgIpc) is 2.93. The maximum absolute atomic E-state index is 5.58. The Bertz CT molecular complexity index is 509. The number of rotatable bonds is 2. The van der Waals surface area contributed by atoms with Crippen LogP contribution < -0.4 is 16.2 Å². The van der Waals surface area contributed by atoms with Crippen LogP contribution in [0.2, 0.25) is 0 Å². The van der Waals surface area contributed by atoms with Crippen LogP contribution in [0.25, 0.3) is 0 Å². The van der Waals surface area contributed by atoms with Gasteiger partial charge in [0.2, 0.25) is 0 Å². The summed E-state index contributed by atoms with van der Waals surface area (Å²) >= 11 is 0. The number of nitrogens with zero attached hydrogens (tertiary/aromatic N) is 4. The van der Waals surface area contributed by atoms with Crippen LogP contribution in [0.15, 0.2) is 6.07 Å². The lowest BCUT2D eigenvalue weighted by molar-refractivity contribution is 0.230. The highest BCUT2D eigenvalue weighted by molar-refractivity contribution is 5.50. The number of nitrogen functional groups attached to an aromatic ring is 1. The molecule has 21 heavy (non-hydrogen) atoms. The van der Waals surface area contributed by atoms with Crippen molar-refractivity contribution in [2.24, 2.45) is 5.84 Å². The Balaban J connectivity index is 1.87. The highest BCUT2D eigenvalue weighted by Crippen LogP contribution is 2.27. The van der Waals surface area contributed by atoms with E-state index in [9.17, 15) is 0 Å². The van der Waals surface area contributed by atoms with E-state index in [-0.39, 0.29) is 5.41 Å². The summed E-state index contributed by atoms with van der Waals surface area (Å²) in [5.41, 5.74) is 2.59. The van der Waals surface area contributed by atoms with Gasteiger partial charge in [0.25, 0.3) is 0 Å². The third kappa shape index (κ3) is 2.96. The summed E-state index contributed by atoms with van der Waals surface area (Å²) in [4.78, 5) is 14.3. The number of nitrogens with one attached hydrogen (secondary N) is 1. The molecular weight excluding hydrogens is 264 g/mol. The molecule has 0 aromatic carbocycles. The molecule has 1 aromatic rings. The van der Waals surface area contributed by atoms with Crippen LogP contribution in [-0.2, 0) is 5.41 Å². The van der Waals surface area contributed by atoms with Crippen LogP contribution in [0.1, 0.15) is 39.4 Å². The SMILES string of the molecule is CC(C)(C)c1nc(NN)cc(N2CCN3CCCC3C2)n1. The molecule has 6 nitrogen and oxygen atoms in total. The minimum Gasteiger partial charge on any atom is -0.354 e. The third-order valence-electron chi connectivity index (χ3n) is 4.44. The first-order valence-electron chi connectivity index (χ1n) is 7.82. The van der Waals surface area contributed by atoms with Crippen molar-refractivity contribution in [3.05, 3.63) is 11.9 Å². The topological polar surface area (TPSA) is 70.3 Å². The fourth-order valence-corrected chi connectivity index (χ4v) is 3.20. The first-order valence-corrected chi connectivity index (χ1v) is 7.82. The lowest BCUT2D eigenvalue weighted by atomic mass is 9.96. The van der Waals surface area contributed by atoms with Crippen molar-refractivity contribution in [3.63, 3.8) is 0 Å². The Morgan fingerprint density at radius 3 is 2.76 bits per heavy atom. The fraction of sp³-hybridized carbons (Fsp3) is 0.733. The van der Waals surface area contributed by atoms with Crippen molar-refractivity contribution in [2.45, 2.75) is 45.1 Å². The minimum atomic E-state index is -0.0865. The number of aromatic nitrogens is 2. The maximum atomic E-state index is 5.58. The summed E-state index contributed by atoms with van der Waals surface area (Å²) in [5, 5.41) is 0. The summed E-state index contributed by atoms with van der Waals surface area (Å²) in [6.45, 7) is 10.9. The molecule has 3 rings (SSSR count). The molecule has 0 spiro atoms. The molecule has 3 heterocycles. The van der Waals surface area contributed by atoms with Crippen LogP contribution in [-0.4, -0.2) is 47.1 Å². The molecule has 0 amide bonds. The minimum absolute atomic E-state index is 0.0865. The summed E-state index contributed by atoms with van der Waals surface area (Å²) in [7, 11) is 0. The molecule has 0 saturated carbocycles. The van der Waals surface area contributed by atoms with Crippen molar-refractivity contribution in [3.8, 4) is 0 Å². The van der Waals surface area contributed by atoms with Gasteiger partial charge in [-0.05, 0) is 19.4 Å². The second kappa shape index (κ2) is 5.42. The van der Waals surface area contributed by atoms with E-state index in [4.69, 9.17) is 10.8 Å². The van der Waals surface area contributed by atoms with Gasteiger partial charge in [-0.15, -0.1) is 0 Å². The van der Waals surface area contributed by atoms with Crippen molar-refractivity contribution in [1.82, 2.24) is 14.9 Å². The van der Waals surface area contributed by atoms with Crippen LogP contribution in [0.3, 0.4) is 0 Å². The number of hydrogen-bond donors (Lipinski definition) is 2. The van der Waals surface area contributed by atoms with Gasteiger partial charge in [0.05, 0.1) is 0 Å². The largest absolute Gasteiger partial charge is 0.354 e. The molecule has 1 unspecified atom stereocenters. The van der Waals surface area contributed by atoms with Crippen LogP contribution in [0.5, 0.6) is 0 Å². The zero-order valence-electron chi connectivity index (χ0n) is 13.3. The quantitative estimate of drug-likeness (QED) is 0.633. The number of piperazine rings is 1. The number of hydrogen-bond acceptors (Lipinski definition) is 6.